The van der Waals surface area contributed by atoms with E-state index in [9.17, 15) is 0 Å². The Kier molecular flexibility index (Phi) is 3.13. The second-order valence-electron chi connectivity index (χ2n) is 4.65. The molecular formula is C13H18N4. The molecule has 2 aromatic heterocycles. The van der Waals surface area contributed by atoms with Crippen molar-refractivity contribution in [3.63, 3.8) is 0 Å². The van der Waals surface area contributed by atoms with Crippen LogP contribution in [-0.2, 0) is 13.5 Å². The van der Waals surface area contributed by atoms with Gasteiger partial charge in [0, 0.05) is 18.8 Å². The van der Waals surface area contributed by atoms with Crippen molar-refractivity contribution in [3.05, 3.63) is 30.0 Å². The summed E-state index contributed by atoms with van der Waals surface area (Å²) in [7, 11) is 1.87. The molecule has 0 saturated heterocycles. The number of aryl methyl sites for hydroxylation is 1. The van der Waals surface area contributed by atoms with E-state index in [1.54, 1.807) is 10.9 Å². The summed E-state index contributed by atoms with van der Waals surface area (Å²) < 4.78 is 1.72. The van der Waals surface area contributed by atoms with E-state index in [0.29, 0.717) is 5.92 Å². The van der Waals surface area contributed by atoms with Crippen LogP contribution in [0.25, 0.3) is 11.4 Å². The van der Waals surface area contributed by atoms with Crippen LogP contribution < -0.4 is 5.73 Å². The highest BCUT2D eigenvalue weighted by Gasteiger charge is 2.16. The van der Waals surface area contributed by atoms with Crippen LogP contribution in [0.3, 0.4) is 0 Å². The zero-order valence-electron chi connectivity index (χ0n) is 10.5. The van der Waals surface area contributed by atoms with Gasteiger partial charge < -0.3 is 5.73 Å². The molecule has 0 unspecified atom stereocenters. The van der Waals surface area contributed by atoms with Crippen LogP contribution in [-0.4, -0.2) is 14.8 Å². The van der Waals surface area contributed by atoms with E-state index in [1.807, 2.05) is 25.2 Å². The van der Waals surface area contributed by atoms with Crippen LogP contribution in [0, 0.1) is 5.92 Å². The van der Waals surface area contributed by atoms with Gasteiger partial charge in [0.2, 0.25) is 0 Å². The van der Waals surface area contributed by atoms with Crippen LogP contribution in [0.5, 0.6) is 0 Å². The minimum Gasteiger partial charge on any atom is -0.384 e. The predicted octanol–water partition coefficient (Wildman–Crippen LogP) is 2.26. The van der Waals surface area contributed by atoms with Crippen molar-refractivity contribution in [2.75, 3.05) is 5.73 Å². The van der Waals surface area contributed by atoms with Gasteiger partial charge >= 0.3 is 0 Å². The Bertz CT molecular complexity index is 500. The lowest BCUT2D eigenvalue weighted by Gasteiger charge is -2.06. The molecule has 0 radical (unpaired) electrons. The van der Waals surface area contributed by atoms with Gasteiger partial charge in [-0.3, -0.25) is 9.67 Å². The van der Waals surface area contributed by atoms with Crippen LogP contribution in [0.15, 0.2) is 24.4 Å². The lowest BCUT2D eigenvalue weighted by molar-refractivity contribution is 0.648. The van der Waals surface area contributed by atoms with Crippen molar-refractivity contribution in [3.8, 4) is 11.4 Å². The summed E-state index contributed by atoms with van der Waals surface area (Å²) in [6, 6.07) is 5.83. The van der Waals surface area contributed by atoms with Crippen molar-refractivity contribution < 1.29 is 0 Å². The predicted molar refractivity (Wildman–Crippen MR) is 69.4 cm³/mol. The molecule has 0 atom stereocenters. The Balaban J connectivity index is 2.50. The standard InChI is InChI=1S/C13H18N4/c1-9(2)8-10-12(16-17(3)13(10)14)11-6-4-5-7-15-11/h4-7,9H,8,14H2,1-3H3. The minimum atomic E-state index is 0.545. The van der Waals surface area contributed by atoms with Gasteiger partial charge in [0.05, 0.1) is 5.69 Å². The molecular weight excluding hydrogens is 212 g/mol. The first-order valence-electron chi connectivity index (χ1n) is 5.82. The molecule has 0 spiro atoms. The summed E-state index contributed by atoms with van der Waals surface area (Å²) in [6.07, 6.45) is 2.70. The van der Waals surface area contributed by atoms with E-state index < -0.39 is 0 Å². The monoisotopic (exact) mass is 230 g/mol. The van der Waals surface area contributed by atoms with E-state index in [1.165, 1.54) is 0 Å². The minimum absolute atomic E-state index is 0.545. The summed E-state index contributed by atoms with van der Waals surface area (Å²) in [5.41, 5.74) is 8.95. The molecule has 0 amide bonds. The molecule has 90 valence electrons. The van der Waals surface area contributed by atoms with Crippen LogP contribution in [0.1, 0.15) is 19.4 Å². The molecule has 2 aromatic rings. The largest absolute Gasteiger partial charge is 0.384 e. The van der Waals surface area contributed by atoms with Gasteiger partial charge in [-0.2, -0.15) is 5.10 Å². The van der Waals surface area contributed by atoms with E-state index in [-0.39, 0.29) is 0 Å². The van der Waals surface area contributed by atoms with Gasteiger partial charge in [-0.05, 0) is 24.5 Å². The fourth-order valence-corrected chi connectivity index (χ4v) is 1.90. The van der Waals surface area contributed by atoms with E-state index in [2.05, 4.69) is 23.9 Å². The van der Waals surface area contributed by atoms with Crippen LogP contribution >= 0.6 is 0 Å². The first-order chi connectivity index (χ1) is 8.09. The number of rotatable bonds is 3. The lowest BCUT2D eigenvalue weighted by Crippen LogP contribution is -2.02. The van der Waals surface area contributed by atoms with E-state index >= 15 is 0 Å². The maximum absolute atomic E-state index is 6.06. The number of anilines is 1. The molecule has 17 heavy (non-hydrogen) atoms. The number of hydrogen-bond donors (Lipinski definition) is 1. The van der Waals surface area contributed by atoms with Crippen LogP contribution in [0.4, 0.5) is 5.82 Å². The van der Waals surface area contributed by atoms with Gasteiger partial charge in [0.15, 0.2) is 0 Å². The average molecular weight is 230 g/mol. The fraction of sp³-hybridized carbons (Fsp3) is 0.385. The molecule has 4 nitrogen and oxygen atoms in total. The lowest BCUT2D eigenvalue weighted by atomic mass is 10.0. The maximum Gasteiger partial charge on any atom is 0.125 e. The Morgan fingerprint density at radius 2 is 2.12 bits per heavy atom. The average Bonchev–Trinajstić information content (AvgIpc) is 2.58. The molecule has 0 aromatic carbocycles. The van der Waals surface area contributed by atoms with Crippen molar-refractivity contribution in [1.82, 2.24) is 14.8 Å². The zero-order valence-corrected chi connectivity index (χ0v) is 10.5. The van der Waals surface area contributed by atoms with Crippen molar-refractivity contribution in [2.24, 2.45) is 13.0 Å². The highest BCUT2D eigenvalue weighted by atomic mass is 15.3. The zero-order chi connectivity index (χ0) is 12.4. The SMILES string of the molecule is CC(C)Cc1c(-c2ccccn2)nn(C)c1N. The third kappa shape index (κ3) is 2.30. The molecule has 4 heteroatoms. The Morgan fingerprint density at radius 1 is 1.35 bits per heavy atom. The smallest absolute Gasteiger partial charge is 0.125 e. The topological polar surface area (TPSA) is 56.7 Å². The number of nitrogen functional groups attached to an aromatic ring is 1. The van der Waals surface area contributed by atoms with Crippen LogP contribution in [0.2, 0.25) is 0 Å². The number of nitrogens with zero attached hydrogens (tertiary/aromatic N) is 3. The van der Waals surface area contributed by atoms with Gasteiger partial charge in [-0.25, -0.2) is 0 Å². The Morgan fingerprint density at radius 3 is 2.71 bits per heavy atom. The Hall–Kier alpha value is -1.84. The first kappa shape index (κ1) is 11.6. The van der Waals surface area contributed by atoms with Crippen molar-refractivity contribution >= 4 is 5.82 Å². The molecule has 0 aliphatic heterocycles. The van der Waals surface area contributed by atoms with Gasteiger partial charge in [0.25, 0.3) is 0 Å². The molecule has 0 aliphatic rings. The highest BCUT2D eigenvalue weighted by molar-refractivity contribution is 5.65. The number of nitrogens with two attached hydrogens (primary N) is 1. The summed E-state index contributed by atoms with van der Waals surface area (Å²) in [5.74, 6) is 1.28. The number of pyridine rings is 1. The fourth-order valence-electron chi connectivity index (χ4n) is 1.90. The molecule has 2 N–H and O–H groups in total. The van der Waals surface area contributed by atoms with Gasteiger partial charge in [-0.15, -0.1) is 0 Å². The van der Waals surface area contributed by atoms with Crippen molar-refractivity contribution in [2.45, 2.75) is 20.3 Å². The third-order valence-electron chi connectivity index (χ3n) is 2.71. The van der Waals surface area contributed by atoms with Gasteiger partial charge in [0.1, 0.15) is 11.5 Å². The van der Waals surface area contributed by atoms with Crippen molar-refractivity contribution in [1.29, 1.82) is 0 Å². The second-order valence-corrected chi connectivity index (χ2v) is 4.65. The van der Waals surface area contributed by atoms with Gasteiger partial charge in [-0.1, -0.05) is 19.9 Å². The summed E-state index contributed by atoms with van der Waals surface area (Å²) in [5, 5.41) is 4.46. The summed E-state index contributed by atoms with van der Waals surface area (Å²) in [6.45, 7) is 4.35. The summed E-state index contributed by atoms with van der Waals surface area (Å²) >= 11 is 0. The number of aromatic nitrogens is 3. The molecule has 0 aliphatic carbocycles. The maximum atomic E-state index is 6.06. The molecule has 0 saturated carbocycles. The van der Waals surface area contributed by atoms with E-state index in [4.69, 9.17) is 5.73 Å². The van der Waals surface area contributed by atoms with E-state index in [0.717, 1.165) is 29.2 Å². The molecule has 2 heterocycles. The summed E-state index contributed by atoms with van der Waals surface area (Å²) in [4.78, 5) is 4.34. The first-order valence-corrected chi connectivity index (χ1v) is 5.82. The second kappa shape index (κ2) is 4.57. The highest BCUT2D eigenvalue weighted by Crippen LogP contribution is 2.27. The quantitative estimate of drug-likeness (QED) is 0.880. The normalized spacial score (nSPS) is 11.1. The number of hydrogen-bond acceptors (Lipinski definition) is 3. The molecule has 2 rings (SSSR count). The Labute approximate surface area is 101 Å². The molecule has 0 bridgehead atoms. The molecule has 0 fully saturated rings. The third-order valence-corrected chi connectivity index (χ3v) is 2.71.